The van der Waals surface area contributed by atoms with Gasteiger partial charge in [-0.2, -0.15) is 0 Å². The Labute approximate surface area is 204 Å². The maximum absolute atomic E-state index is 11.1. The molecule has 0 fully saturated rings. The van der Waals surface area contributed by atoms with Gasteiger partial charge < -0.3 is 20.7 Å². The lowest BCUT2D eigenvalue weighted by Crippen LogP contribution is -2.39. The molecule has 1 aromatic heterocycles. The Balaban J connectivity index is 2.17. The lowest BCUT2D eigenvalue weighted by atomic mass is 9.81. The maximum atomic E-state index is 11.1. The summed E-state index contributed by atoms with van der Waals surface area (Å²) in [5, 5.41) is 19.6. The average molecular weight is 471 g/mol. The first-order chi connectivity index (χ1) is 15.9. The number of ether oxygens (including phenoxy) is 1. The van der Waals surface area contributed by atoms with Gasteiger partial charge in [-0.25, -0.2) is 0 Å². The lowest BCUT2D eigenvalue weighted by Gasteiger charge is -2.28. The third kappa shape index (κ3) is 8.41. The SMILES string of the molecule is CC(C[C@H](O)[C@@H](N)C[C@H](Cc1ccc(C(C)(C)C)c(OCc2ccncc2)c1)C(C)C)C(=O)O. The van der Waals surface area contributed by atoms with E-state index in [1.165, 1.54) is 0 Å². The van der Waals surface area contributed by atoms with E-state index in [2.05, 4.69) is 57.8 Å². The van der Waals surface area contributed by atoms with Crippen LogP contribution in [0.3, 0.4) is 0 Å². The van der Waals surface area contributed by atoms with Gasteiger partial charge in [0.2, 0.25) is 0 Å². The molecule has 0 saturated heterocycles. The standard InChI is InChI=1S/C28H42N2O4/c1-18(2)22(16-24(29)25(31)13-19(3)27(32)33)14-21-7-8-23(28(4,5)6)26(15-21)34-17-20-9-11-30-12-10-20/h7-12,15,18-19,22,24-25,31H,13-14,16-17,29H2,1-6H3,(H,32,33)/t19?,22-,24-,25-/m0/s1. The predicted molar refractivity (Wildman–Crippen MR) is 136 cm³/mol. The van der Waals surface area contributed by atoms with Gasteiger partial charge in [0.25, 0.3) is 0 Å². The summed E-state index contributed by atoms with van der Waals surface area (Å²) in [6.07, 6.45) is 4.29. The summed E-state index contributed by atoms with van der Waals surface area (Å²) < 4.78 is 6.27. The summed E-state index contributed by atoms with van der Waals surface area (Å²) in [6, 6.07) is 9.87. The zero-order valence-corrected chi connectivity index (χ0v) is 21.5. The second kappa shape index (κ2) is 12.3. The van der Waals surface area contributed by atoms with Gasteiger partial charge in [0.05, 0.1) is 12.0 Å². The van der Waals surface area contributed by atoms with Crippen molar-refractivity contribution in [2.45, 2.75) is 85.0 Å². The van der Waals surface area contributed by atoms with Crippen molar-refractivity contribution in [2.75, 3.05) is 0 Å². The Bertz CT molecular complexity index is 908. The quantitative estimate of drug-likeness (QED) is 0.405. The zero-order chi connectivity index (χ0) is 25.5. The van der Waals surface area contributed by atoms with Crippen LogP contribution in [0.1, 0.15) is 71.1 Å². The number of aromatic nitrogens is 1. The summed E-state index contributed by atoms with van der Waals surface area (Å²) >= 11 is 0. The highest BCUT2D eigenvalue weighted by Crippen LogP contribution is 2.34. The molecule has 0 aliphatic heterocycles. The molecule has 0 radical (unpaired) electrons. The van der Waals surface area contributed by atoms with Gasteiger partial charge >= 0.3 is 5.97 Å². The van der Waals surface area contributed by atoms with Crippen molar-refractivity contribution >= 4 is 5.97 Å². The molecule has 4 N–H and O–H groups in total. The van der Waals surface area contributed by atoms with Crippen molar-refractivity contribution in [3.05, 3.63) is 59.4 Å². The first-order valence-electron chi connectivity index (χ1n) is 12.2. The van der Waals surface area contributed by atoms with E-state index < -0.39 is 24.0 Å². The average Bonchev–Trinajstić information content (AvgIpc) is 2.76. The molecule has 0 bridgehead atoms. The number of nitrogens with two attached hydrogens (primary N) is 1. The Kier molecular flexibility index (Phi) is 10.1. The van der Waals surface area contributed by atoms with Crippen LogP contribution < -0.4 is 10.5 Å². The van der Waals surface area contributed by atoms with Crippen LogP contribution in [0.15, 0.2) is 42.7 Å². The number of aliphatic carboxylic acids is 1. The molecule has 2 aromatic rings. The number of hydrogen-bond donors (Lipinski definition) is 3. The molecule has 34 heavy (non-hydrogen) atoms. The highest BCUT2D eigenvalue weighted by molar-refractivity contribution is 5.69. The summed E-state index contributed by atoms with van der Waals surface area (Å²) in [6.45, 7) is 12.9. The van der Waals surface area contributed by atoms with Gasteiger partial charge in [-0.05, 0) is 71.4 Å². The Morgan fingerprint density at radius 2 is 1.71 bits per heavy atom. The third-order valence-corrected chi connectivity index (χ3v) is 6.52. The number of pyridine rings is 1. The fourth-order valence-corrected chi connectivity index (χ4v) is 4.11. The van der Waals surface area contributed by atoms with Gasteiger partial charge in [0.1, 0.15) is 12.4 Å². The number of rotatable bonds is 12. The fraction of sp³-hybridized carbons (Fsp3) is 0.571. The van der Waals surface area contributed by atoms with Crippen molar-refractivity contribution in [1.29, 1.82) is 0 Å². The first-order valence-corrected chi connectivity index (χ1v) is 12.2. The number of hydrogen-bond acceptors (Lipinski definition) is 5. The minimum absolute atomic E-state index is 0.0587. The first kappa shape index (κ1) is 27.8. The van der Waals surface area contributed by atoms with Crippen molar-refractivity contribution in [1.82, 2.24) is 4.98 Å². The molecular weight excluding hydrogens is 428 g/mol. The second-order valence-electron chi connectivity index (χ2n) is 10.9. The van der Waals surface area contributed by atoms with Gasteiger partial charge in [-0.1, -0.05) is 53.7 Å². The van der Waals surface area contributed by atoms with Crippen molar-refractivity contribution in [3.63, 3.8) is 0 Å². The van der Waals surface area contributed by atoms with Crippen LogP contribution in [-0.4, -0.2) is 33.3 Å². The number of nitrogens with zero attached hydrogens (tertiary/aromatic N) is 1. The van der Waals surface area contributed by atoms with Crippen LogP contribution in [-0.2, 0) is 23.2 Å². The molecule has 0 amide bonds. The molecule has 4 atom stereocenters. The molecule has 1 heterocycles. The van der Waals surface area contributed by atoms with E-state index in [4.69, 9.17) is 15.6 Å². The van der Waals surface area contributed by atoms with Gasteiger partial charge in [-0.15, -0.1) is 0 Å². The molecule has 0 spiro atoms. The topological polar surface area (TPSA) is 106 Å². The van der Waals surface area contributed by atoms with Crippen LogP contribution in [0.5, 0.6) is 5.75 Å². The molecule has 6 heteroatoms. The number of aliphatic hydroxyl groups excluding tert-OH is 1. The Hall–Kier alpha value is -2.44. The number of carboxylic acid groups (broad SMARTS) is 1. The molecule has 188 valence electrons. The predicted octanol–water partition coefficient (Wildman–Crippen LogP) is 4.96. The van der Waals surface area contributed by atoms with Gasteiger partial charge in [0, 0.05) is 18.4 Å². The molecule has 0 aliphatic carbocycles. The molecule has 1 unspecified atom stereocenters. The third-order valence-electron chi connectivity index (χ3n) is 6.52. The van der Waals surface area contributed by atoms with Crippen LogP contribution in [0.25, 0.3) is 0 Å². The number of carbonyl (C=O) groups is 1. The summed E-state index contributed by atoms with van der Waals surface area (Å²) in [5.74, 6) is -0.0469. The zero-order valence-electron chi connectivity index (χ0n) is 21.5. The number of benzene rings is 1. The number of aliphatic hydroxyl groups is 1. The minimum atomic E-state index is -0.912. The molecule has 0 aliphatic rings. The van der Waals surface area contributed by atoms with E-state index in [1.54, 1.807) is 19.3 Å². The van der Waals surface area contributed by atoms with Crippen molar-refractivity contribution < 1.29 is 19.7 Å². The highest BCUT2D eigenvalue weighted by atomic mass is 16.5. The van der Waals surface area contributed by atoms with Gasteiger partial charge in [-0.3, -0.25) is 9.78 Å². The fourth-order valence-electron chi connectivity index (χ4n) is 4.11. The lowest BCUT2D eigenvalue weighted by molar-refractivity contribution is -0.142. The van der Waals surface area contributed by atoms with Gasteiger partial charge in [0.15, 0.2) is 0 Å². The molecular formula is C28H42N2O4. The van der Waals surface area contributed by atoms with E-state index in [0.717, 1.165) is 28.9 Å². The van der Waals surface area contributed by atoms with E-state index in [1.807, 2.05) is 12.1 Å². The van der Waals surface area contributed by atoms with E-state index in [0.29, 0.717) is 18.9 Å². The molecule has 2 rings (SSSR count). The van der Waals surface area contributed by atoms with E-state index in [-0.39, 0.29) is 17.8 Å². The normalized spacial score (nSPS) is 15.6. The maximum Gasteiger partial charge on any atom is 0.306 e. The van der Waals surface area contributed by atoms with Crippen LogP contribution in [0.4, 0.5) is 0 Å². The van der Waals surface area contributed by atoms with E-state index >= 15 is 0 Å². The monoisotopic (exact) mass is 470 g/mol. The summed E-state index contributed by atoms with van der Waals surface area (Å²) in [7, 11) is 0. The van der Waals surface area contributed by atoms with E-state index in [9.17, 15) is 9.90 Å². The number of carboxylic acids is 1. The summed E-state index contributed by atoms with van der Waals surface area (Å²) in [5.41, 5.74) is 9.63. The van der Waals surface area contributed by atoms with Crippen molar-refractivity contribution in [3.8, 4) is 5.75 Å². The highest BCUT2D eigenvalue weighted by Gasteiger charge is 2.26. The summed E-state index contributed by atoms with van der Waals surface area (Å²) in [4.78, 5) is 15.2. The smallest absolute Gasteiger partial charge is 0.306 e. The van der Waals surface area contributed by atoms with Crippen molar-refractivity contribution in [2.24, 2.45) is 23.5 Å². The van der Waals surface area contributed by atoms with Crippen LogP contribution in [0.2, 0.25) is 0 Å². The largest absolute Gasteiger partial charge is 0.489 e. The minimum Gasteiger partial charge on any atom is -0.489 e. The van der Waals surface area contributed by atoms with Crippen LogP contribution in [0, 0.1) is 17.8 Å². The molecule has 1 aromatic carbocycles. The Morgan fingerprint density at radius 3 is 2.26 bits per heavy atom. The Morgan fingerprint density at radius 1 is 1.06 bits per heavy atom. The molecule has 6 nitrogen and oxygen atoms in total. The molecule has 0 saturated carbocycles. The van der Waals surface area contributed by atoms with Crippen LogP contribution >= 0.6 is 0 Å². The second-order valence-corrected chi connectivity index (χ2v) is 10.9.